The summed E-state index contributed by atoms with van der Waals surface area (Å²) in [6, 6.07) is 19.9. The van der Waals surface area contributed by atoms with Crippen molar-refractivity contribution in [2.45, 2.75) is 29.6 Å². The zero-order valence-corrected chi connectivity index (χ0v) is 20.9. The van der Waals surface area contributed by atoms with Gasteiger partial charge in [0, 0.05) is 12.6 Å². The number of rotatable bonds is 8. The highest BCUT2D eigenvalue weighted by Crippen LogP contribution is 2.35. The van der Waals surface area contributed by atoms with Crippen molar-refractivity contribution in [2.24, 2.45) is 0 Å². The van der Waals surface area contributed by atoms with Crippen molar-refractivity contribution in [3.05, 3.63) is 95.1 Å². The molecule has 0 N–H and O–H groups in total. The normalized spacial score (nSPS) is 13.6. The summed E-state index contributed by atoms with van der Waals surface area (Å²) in [5, 5.41) is 0. The summed E-state index contributed by atoms with van der Waals surface area (Å²) in [7, 11) is -0.900. The fourth-order valence-corrected chi connectivity index (χ4v) is 5.75. The molecule has 0 saturated carbocycles. The highest BCUT2D eigenvalue weighted by Gasteiger charge is 2.38. The minimum atomic E-state index is -3.92. The van der Waals surface area contributed by atoms with Crippen LogP contribution in [0.3, 0.4) is 0 Å². The first-order chi connectivity index (χ1) is 15.1. The molecule has 0 aromatic heterocycles. The summed E-state index contributed by atoms with van der Waals surface area (Å²) in [6.07, 6.45) is 0. The molecule has 0 amide bonds. The van der Waals surface area contributed by atoms with Crippen LogP contribution in [0.4, 0.5) is 0 Å². The Morgan fingerprint density at radius 2 is 1.38 bits per heavy atom. The average Bonchev–Trinajstić information content (AvgIpc) is 2.79. The lowest BCUT2D eigenvalue weighted by Crippen LogP contribution is -2.44. The molecule has 32 heavy (non-hydrogen) atoms. The number of aryl methyl sites for hydroxylation is 2. The van der Waals surface area contributed by atoms with Gasteiger partial charge in [0.1, 0.15) is 11.8 Å². The van der Waals surface area contributed by atoms with Gasteiger partial charge in [0.05, 0.1) is 16.8 Å². The van der Waals surface area contributed by atoms with Gasteiger partial charge < -0.3 is 4.74 Å². The molecule has 7 heteroatoms. The van der Waals surface area contributed by atoms with E-state index in [1.807, 2.05) is 38.1 Å². The largest absolute Gasteiger partial charge is 0.497 e. The van der Waals surface area contributed by atoms with Crippen LogP contribution in [-0.4, -0.2) is 38.7 Å². The number of benzene rings is 3. The van der Waals surface area contributed by atoms with Crippen LogP contribution in [0, 0.1) is 13.8 Å². The monoisotopic (exact) mass is 515 g/mol. The first-order valence-electron chi connectivity index (χ1n) is 10.1. The number of likely N-dealkylation sites (N-methyl/N-ethyl adjacent to an activating group) is 1. The molecule has 0 aliphatic rings. The predicted molar refractivity (Wildman–Crippen MR) is 130 cm³/mol. The van der Waals surface area contributed by atoms with E-state index in [2.05, 4.69) is 15.9 Å². The third-order valence-electron chi connectivity index (χ3n) is 5.41. The third-order valence-corrected chi connectivity index (χ3v) is 8.29. The quantitative estimate of drug-likeness (QED) is 0.300. The fraction of sp³-hybridized carbons (Fsp3) is 0.240. The molecule has 3 aromatic rings. The van der Waals surface area contributed by atoms with Gasteiger partial charge in [-0.15, -0.1) is 0 Å². The number of carbonyl (C=O) groups is 1. The van der Waals surface area contributed by atoms with Gasteiger partial charge in [-0.05, 0) is 43.7 Å². The Hall–Kier alpha value is -2.48. The van der Waals surface area contributed by atoms with Gasteiger partial charge in [-0.1, -0.05) is 75.6 Å². The fourth-order valence-electron chi connectivity index (χ4n) is 3.37. The van der Waals surface area contributed by atoms with E-state index in [1.165, 1.54) is 7.05 Å². The SMILES string of the molecule is COc1ccc([C@@H](Br)[C@H](C(=O)c2ccc(C)cc2)N(C)S(=O)(=O)c2ccc(C)cc2)cc1. The summed E-state index contributed by atoms with van der Waals surface area (Å²) >= 11 is 3.62. The molecule has 3 aromatic carbocycles. The number of halogens is 1. The van der Waals surface area contributed by atoms with Gasteiger partial charge in [-0.25, -0.2) is 8.42 Å². The maximum atomic E-state index is 13.6. The molecule has 5 nitrogen and oxygen atoms in total. The number of carbonyl (C=O) groups excluding carboxylic acids is 1. The Bertz CT molecular complexity index is 1170. The van der Waals surface area contributed by atoms with Crippen LogP contribution in [0.25, 0.3) is 0 Å². The number of ether oxygens (including phenoxy) is 1. The number of methoxy groups -OCH3 is 1. The van der Waals surface area contributed by atoms with Crippen molar-refractivity contribution in [2.75, 3.05) is 14.2 Å². The first kappa shape index (κ1) is 24.2. The molecular weight excluding hydrogens is 490 g/mol. The van der Waals surface area contributed by atoms with Crippen LogP contribution in [0.15, 0.2) is 77.7 Å². The van der Waals surface area contributed by atoms with Gasteiger partial charge >= 0.3 is 0 Å². The summed E-state index contributed by atoms with van der Waals surface area (Å²) in [5.74, 6) is 0.386. The lowest BCUT2D eigenvalue weighted by Gasteiger charge is -2.30. The Morgan fingerprint density at radius 3 is 1.88 bits per heavy atom. The minimum absolute atomic E-state index is 0.140. The van der Waals surface area contributed by atoms with Gasteiger partial charge in [0.15, 0.2) is 5.78 Å². The number of nitrogens with zero attached hydrogens (tertiary/aromatic N) is 1. The van der Waals surface area contributed by atoms with E-state index < -0.39 is 20.9 Å². The van der Waals surface area contributed by atoms with Crippen LogP contribution in [0.1, 0.15) is 31.9 Å². The zero-order chi connectivity index (χ0) is 23.5. The smallest absolute Gasteiger partial charge is 0.243 e. The van der Waals surface area contributed by atoms with Crippen molar-refractivity contribution in [3.63, 3.8) is 0 Å². The molecule has 0 aliphatic carbocycles. The van der Waals surface area contributed by atoms with Gasteiger partial charge in [0.2, 0.25) is 10.0 Å². The molecule has 0 radical (unpaired) electrons. The summed E-state index contributed by atoms with van der Waals surface area (Å²) in [6.45, 7) is 3.83. The number of Topliss-reactive ketones (excluding diaryl/α,β-unsaturated/α-hetero) is 1. The molecule has 3 rings (SSSR count). The highest BCUT2D eigenvalue weighted by molar-refractivity contribution is 9.09. The van der Waals surface area contributed by atoms with Crippen LogP contribution in [0.5, 0.6) is 5.75 Å². The minimum Gasteiger partial charge on any atom is -0.497 e. The van der Waals surface area contributed by atoms with Gasteiger partial charge in [-0.2, -0.15) is 4.31 Å². The van der Waals surface area contributed by atoms with Crippen molar-refractivity contribution in [1.82, 2.24) is 4.31 Å². The lowest BCUT2D eigenvalue weighted by molar-refractivity contribution is 0.0906. The molecule has 0 saturated heterocycles. The second-order valence-corrected chi connectivity index (χ2v) is 10.7. The Balaban J connectivity index is 2.06. The Labute approximate surface area is 198 Å². The molecule has 0 heterocycles. The molecular formula is C25H26BrNO4S. The topological polar surface area (TPSA) is 63.7 Å². The van der Waals surface area contributed by atoms with Crippen LogP contribution in [0.2, 0.25) is 0 Å². The summed E-state index contributed by atoms with van der Waals surface area (Å²) in [5.41, 5.74) is 3.19. The zero-order valence-electron chi connectivity index (χ0n) is 18.4. The summed E-state index contributed by atoms with van der Waals surface area (Å²) in [4.78, 5) is 13.2. The molecule has 0 aliphatic heterocycles. The summed E-state index contributed by atoms with van der Waals surface area (Å²) < 4.78 is 33.3. The van der Waals surface area contributed by atoms with Crippen LogP contribution in [-0.2, 0) is 10.0 Å². The lowest BCUT2D eigenvalue weighted by atomic mass is 9.97. The van der Waals surface area contributed by atoms with Crippen LogP contribution >= 0.6 is 15.9 Å². The second kappa shape index (κ2) is 9.98. The van der Waals surface area contributed by atoms with Gasteiger partial charge in [0.25, 0.3) is 0 Å². The number of sulfonamides is 1. The van der Waals surface area contributed by atoms with E-state index >= 15 is 0 Å². The van der Waals surface area contributed by atoms with Gasteiger partial charge in [-0.3, -0.25) is 4.79 Å². The first-order valence-corrected chi connectivity index (χ1v) is 12.4. The van der Waals surface area contributed by atoms with E-state index in [0.717, 1.165) is 21.0 Å². The second-order valence-electron chi connectivity index (χ2n) is 7.68. The van der Waals surface area contributed by atoms with E-state index in [1.54, 1.807) is 55.6 Å². The van der Waals surface area contributed by atoms with Crippen molar-refractivity contribution >= 4 is 31.7 Å². The predicted octanol–water partition coefficient (Wildman–Crippen LogP) is 5.32. The van der Waals surface area contributed by atoms with Crippen molar-refractivity contribution < 1.29 is 17.9 Å². The van der Waals surface area contributed by atoms with E-state index in [4.69, 9.17) is 4.74 Å². The molecule has 168 valence electrons. The Morgan fingerprint density at radius 1 is 0.875 bits per heavy atom. The molecule has 0 spiro atoms. The van der Waals surface area contributed by atoms with Crippen molar-refractivity contribution in [3.8, 4) is 5.75 Å². The standard InChI is InChI=1S/C25H26BrNO4S/c1-17-5-9-20(10-6-17)25(28)24(23(26)19-11-13-21(31-4)14-12-19)27(3)32(29,30)22-15-7-18(2)8-16-22/h5-16,23-24H,1-4H3/t23-,24-/m1/s1. The van der Waals surface area contributed by atoms with Crippen LogP contribution < -0.4 is 4.74 Å². The molecule has 0 unspecified atom stereocenters. The third kappa shape index (κ3) is 5.11. The number of alkyl halides is 1. The molecule has 2 atom stereocenters. The molecule has 0 fully saturated rings. The number of hydrogen-bond acceptors (Lipinski definition) is 4. The Kier molecular flexibility index (Phi) is 7.54. The maximum absolute atomic E-state index is 13.6. The maximum Gasteiger partial charge on any atom is 0.243 e. The highest BCUT2D eigenvalue weighted by atomic mass is 79.9. The molecule has 0 bridgehead atoms. The average molecular weight is 516 g/mol. The van der Waals surface area contributed by atoms with E-state index in [0.29, 0.717) is 11.3 Å². The van der Waals surface area contributed by atoms with E-state index in [-0.39, 0.29) is 10.7 Å². The van der Waals surface area contributed by atoms with Crippen molar-refractivity contribution in [1.29, 1.82) is 0 Å². The number of hydrogen-bond donors (Lipinski definition) is 0. The number of ketones is 1. The van der Waals surface area contributed by atoms with E-state index in [9.17, 15) is 13.2 Å².